The average molecular weight is 592 g/mol. The molecule has 0 saturated carbocycles. The van der Waals surface area contributed by atoms with Crippen LogP contribution in [0.5, 0.6) is 0 Å². The maximum Gasteiger partial charge on any atom is 0.405 e. The Morgan fingerprint density at radius 3 is 2.36 bits per heavy atom. The van der Waals surface area contributed by atoms with Crippen LogP contribution in [0.3, 0.4) is 0 Å². The van der Waals surface area contributed by atoms with Crippen molar-refractivity contribution in [3.8, 4) is 10.4 Å². The number of rotatable bonds is 7. The molecule has 5 heterocycles. The minimum Gasteiger partial charge on any atom is -0.616 e. The van der Waals surface area contributed by atoms with Crippen molar-refractivity contribution in [3.05, 3.63) is 28.5 Å². The van der Waals surface area contributed by atoms with E-state index in [1.165, 1.54) is 0 Å². The Balaban J connectivity index is 1.50. The fraction of sp³-hybridized carbons (Fsp3) is 0.583. The van der Waals surface area contributed by atoms with E-state index < -0.39 is 53.5 Å². The zero-order valence-corrected chi connectivity index (χ0v) is 22.2. The van der Waals surface area contributed by atoms with Crippen molar-refractivity contribution in [2.24, 2.45) is 0 Å². The van der Waals surface area contributed by atoms with Crippen molar-refractivity contribution < 1.29 is 36.1 Å². The van der Waals surface area contributed by atoms with Gasteiger partial charge < -0.3 is 20.1 Å². The van der Waals surface area contributed by atoms with Gasteiger partial charge in [-0.2, -0.15) is 13.2 Å². The highest BCUT2D eigenvalue weighted by Gasteiger charge is 2.44. The standard InChI is InChI=1S/C24H26F5N5O3S2/c25-20(26)15-9-17(31-11-24(27,28)29)30-10-16(15)19-18(23(36)34-13-1-2-14(34)4-3-13)33-22(38-19)21(35)32-12-5-7-39(37)8-6-12/h9-10,12-14,20H,1-8,11H2,(H,30,31)(H,32,35). The molecule has 2 aromatic rings. The number of nitrogens with zero attached hydrogens (tertiary/aromatic N) is 3. The van der Waals surface area contributed by atoms with Crippen LogP contribution in [0.25, 0.3) is 10.4 Å². The van der Waals surface area contributed by atoms with Crippen LogP contribution in [0, 0.1) is 0 Å². The summed E-state index contributed by atoms with van der Waals surface area (Å²) in [5, 5.41) is 4.73. The average Bonchev–Trinajstić information content (AvgIpc) is 3.62. The number of thiazole rings is 1. The van der Waals surface area contributed by atoms with Crippen LogP contribution in [-0.2, 0) is 11.2 Å². The number of aromatic nitrogens is 2. The number of carbonyl (C=O) groups excluding carboxylic acids is 2. The normalized spacial score (nSPS) is 24.8. The minimum atomic E-state index is -4.58. The fourth-order valence-electron chi connectivity index (χ4n) is 5.43. The first-order chi connectivity index (χ1) is 18.5. The zero-order chi connectivity index (χ0) is 27.9. The Bertz CT molecular complexity index is 1220. The van der Waals surface area contributed by atoms with E-state index in [1.54, 1.807) is 4.90 Å². The molecule has 3 fully saturated rings. The maximum absolute atomic E-state index is 14.1. The van der Waals surface area contributed by atoms with Gasteiger partial charge in [-0.15, -0.1) is 11.3 Å². The van der Waals surface area contributed by atoms with Crippen LogP contribution in [0.1, 0.15) is 70.8 Å². The lowest BCUT2D eigenvalue weighted by atomic mass is 10.0. The van der Waals surface area contributed by atoms with Gasteiger partial charge in [-0.3, -0.25) is 9.59 Å². The SMILES string of the molecule is O=C(NC1CC[S+]([O-])CC1)c1nc(C(=O)N2C3CCC2CC3)c(-c2cnc(NCC(F)(F)F)cc2C(F)F)s1. The smallest absolute Gasteiger partial charge is 0.405 e. The topological polar surface area (TPSA) is 110 Å². The van der Waals surface area contributed by atoms with Gasteiger partial charge in [0.2, 0.25) is 0 Å². The molecular formula is C24H26F5N5O3S2. The number of halogens is 5. The van der Waals surface area contributed by atoms with Crippen LogP contribution in [0.4, 0.5) is 27.8 Å². The number of fused-ring (bicyclic) bond motifs is 2. The van der Waals surface area contributed by atoms with Gasteiger partial charge in [-0.25, -0.2) is 18.7 Å². The van der Waals surface area contributed by atoms with Gasteiger partial charge >= 0.3 is 6.18 Å². The highest BCUT2D eigenvalue weighted by molar-refractivity contribution is 7.91. The molecule has 0 spiro atoms. The first kappa shape index (κ1) is 28.0. The van der Waals surface area contributed by atoms with Crippen molar-refractivity contribution in [1.29, 1.82) is 0 Å². The lowest BCUT2D eigenvalue weighted by Gasteiger charge is -2.24. The van der Waals surface area contributed by atoms with Crippen molar-refractivity contribution in [1.82, 2.24) is 20.2 Å². The van der Waals surface area contributed by atoms with Crippen molar-refractivity contribution >= 4 is 40.1 Å². The molecule has 2 N–H and O–H groups in total. The van der Waals surface area contributed by atoms with Crippen LogP contribution in [-0.4, -0.2) is 73.6 Å². The molecule has 2 bridgehead atoms. The van der Waals surface area contributed by atoms with Crippen LogP contribution < -0.4 is 10.6 Å². The summed E-state index contributed by atoms with van der Waals surface area (Å²) in [7, 11) is 0. The van der Waals surface area contributed by atoms with Crippen molar-refractivity contribution in [2.45, 2.75) is 69.3 Å². The van der Waals surface area contributed by atoms with E-state index >= 15 is 0 Å². The summed E-state index contributed by atoms with van der Waals surface area (Å²) >= 11 is -0.159. The molecule has 0 aliphatic carbocycles. The molecule has 3 aliphatic heterocycles. The van der Waals surface area contributed by atoms with Gasteiger partial charge in [-0.05, 0) is 31.7 Å². The number of anilines is 1. The van der Waals surface area contributed by atoms with Gasteiger partial charge in [0.15, 0.2) is 5.01 Å². The molecule has 5 rings (SSSR count). The molecule has 2 aromatic heterocycles. The molecule has 39 heavy (non-hydrogen) atoms. The van der Waals surface area contributed by atoms with Gasteiger partial charge in [0.05, 0.1) is 4.88 Å². The second-order valence-electron chi connectivity index (χ2n) is 9.89. The van der Waals surface area contributed by atoms with Gasteiger partial charge in [0.1, 0.15) is 29.6 Å². The Morgan fingerprint density at radius 2 is 1.77 bits per heavy atom. The summed E-state index contributed by atoms with van der Waals surface area (Å²) in [6.45, 7) is -1.46. The third-order valence-electron chi connectivity index (χ3n) is 7.32. The summed E-state index contributed by atoms with van der Waals surface area (Å²) in [6.07, 6.45) is -2.33. The molecule has 0 aromatic carbocycles. The number of nitrogens with one attached hydrogen (secondary N) is 2. The Kier molecular flexibility index (Phi) is 8.02. The Labute approximate surface area is 227 Å². The van der Waals surface area contributed by atoms with E-state index in [2.05, 4.69) is 15.3 Å². The van der Waals surface area contributed by atoms with E-state index in [1.807, 2.05) is 5.32 Å². The molecule has 0 atom stereocenters. The number of hydrogen-bond donors (Lipinski definition) is 2. The monoisotopic (exact) mass is 591 g/mol. The van der Waals surface area contributed by atoms with E-state index in [4.69, 9.17) is 0 Å². The fourth-order valence-corrected chi connectivity index (χ4v) is 7.72. The van der Waals surface area contributed by atoms with Crippen LogP contribution >= 0.6 is 11.3 Å². The molecule has 0 unspecified atom stereocenters. The summed E-state index contributed by atoms with van der Waals surface area (Å²) in [4.78, 5) is 36.7. The predicted octanol–water partition coefficient (Wildman–Crippen LogP) is 4.52. The van der Waals surface area contributed by atoms with E-state index in [-0.39, 0.29) is 39.3 Å². The second kappa shape index (κ2) is 11.2. The van der Waals surface area contributed by atoms with Gasteiger partial charge in [0.25, 0.3) is 18.2 Å². The Morgan fingerprint density at radius 1 is 1.13 bits per heavy atom. The summed E-state index contributed by atoms with van der Waals surface area (Å²) < 4.78 is 77.8. The number of pyridine rings is 1. The third-order valence-corrected chi connectivity index (χ3v) is 9.79. The lowest BCUT2D eigenvalue weighted by Crippen LogP contribution is -2.41. The first-order valence-electron chi connectivity index (χ1n) is 12.6. The van der Waals surface area contributed by atoms with Crippen LogP contribution in [0.15, 0.2) is 12.3 Å². The van der Waals surface area contributed by atoms with Crippen molar-refractivity contribution in [2.75, 3.05) is 23.4 Å². The van der Waals surface area contributed by atoms with E-state index in [0.717, 1.165) is 49.3 Å². The molecule has 3 aliphatic rings. The molecule has 0 radical (unpaired) electrons. The van der Waals surface area contributed by atoms with Gasteiger partial charge in [0, 0.05) is 48.3 Å². The van der Waals surface area contributed by atoms with Crippen molar-refractivity contribution in [3.63, 3.8) is 0 Å². The molecule has 15 heteroatoms. The predicted molar refractivity (Wildman–Crippen MR) is 135 cm³/mol. The van der Waals surface area contributed by atoms with E-state index in [0.29, 0.717) is 24.3 Å². The number of carbonyl (C=O) groups is 2. The minimum absolute atomic E-state index is 0.0130. The maximum atomic E-state index is 14.1. The molecule has 3 saturated heterocycles. The third kappa shape index (κ3) is 6.14. The largest absolute Gasteiger partial charge is 0.616 e. The molecule has 8 nitrogen and oxygen atoms in total. The van der Waals surface area contributed by atoms with Crippen LogP contribution in [0.2, 0.25) is 0 Å². The number of alkyl halides is 5. The zero-order valence-electron chi connectivity index (χ0n) is 20.6. The first-order valence-corrected chi connectivity index (χ1v) is 14.9. The van der Waals surface area contributed by atoms with E-state index in [9.17, 15) is 36.1 Å². The Hall–Kier alpha value is -2.52. The second-order valence-corrected chi connectivity index (χ2v) is 12.6. The molecule has 212 valence electrons. The highest BCUT2D eigenvalue weighted by Crippen LogP contribution is 2.42. The quantitative estimate of drug-likeness (QED) is 0.362. The van der Waals surface area contributed by atoms with Gasteiger partial charge in [-0.1, -0.05) is 11.2 Å². The lowest BCUT2D eigenvalue weighted by molar-refractivity contribution is -0.115. The molecular weight excluding hydrogens is 565 g/mol. The number of amides is 2. The molecule has 2 amide bonds. The number of hydrogen-bond acceptors (Lipinski definition) is 7. The highest BCUT2D eigenvalue weighted by atomic mass is 32.2. The summed E-state index contributed by atoms with van der Waals surface area (Å²) in [5.74, 6) is -0.522. The summed E-state index contributed by atoms with van der Waals surface area (Å²) in [5.41, 5.74) is -0.936. The summed E-state index contributed by atoms with van der Waals surface area (Å²) in [6, 6.07) is 0.618.